The van der Waals surface area contributed by atoms with Gasteiger partial charge in [0.1, 0.15) is 11.4 Å². The summed E-state index contributed by atoms with van der Waals surface area (Å²) in [6, 6.07) is 7.42. The Morgan fingerprint density at radius 3 is 2.83 bits per heavy atom. The van der Waals surface area contributed by atoms with Crippen LogP contribution in [0.3, 0.4) is 0 Å². The standard InChI is InChI=1S/C17H19N5O2/c1-11-8-18-16(20-11)17(23)21-12(2)13-9-19-22(10-13)14-6-4-5-7-15(14)24-3/h4-10,12H,1-3H3,(H,18,20)(H,21,23). The summed E-state index contributed by atoms with van der Waals surface area (Å²) in [5, 5.41) is 7.26. The second-order valence-corrected chi connectivity index (χ2v) is 5.50. The number of hydrogen-bond acceptors (Lipinski definition) is 4. The topological polar surface area (TPSA) is 84.8 Å². The van der Waals surface area contributed by atoms with Crippen molar-refractivity contribution in [1.29, 1.82) is 0 Å². The quantitative estimate of drug-likeness (QED) is 0.754. The number of methoxy groups -OCH3 is 1. The Morgan fingerprint density at radius 2 is 2.12 bits per heavy atom. The number of para-hydroxylation sites is 2. The summed E-state index contributed by atoms with van der Waals surface area (Å²) in [5.41, 5.74) is 2.57. The first-order valence-corrected chi connectivity index (χ1v) is 7.59. The van der Waals surface area contributed by atoms with Crippen LogP contribution in [0.5, 0.6) is 5.75 Å². The van der Waals surface area contributed by atoms with Crippen LogP contribution in [0.15, 0.2) is 42.9 Å². The maximum atomic E-state index is 12.2. The number of H-pyrrole nitrogens is 1. The van der Waals surface area contributed by atoms with E-state index in [4.69, 9.17) is 4.74 Å². The molecule has 2 heterocycles. The van der Waals surface area contributed by atoms with Crippen molar-refractivity contribution in [2.24, 2.45) is 0 Å². The Labute approximate surface area is 139 Å². The Balaban J connectivity index is 1.76. The summed E-state index contributed by atoms with van der Waals surface area (Å²) >= 11 is 0. The zero-order chi connectivity index (χ0) is 17.1. The van der Waals surface area contributed by atoms with Gasteiger partial charge in [0.25, 0.3) is 5.91 Å². The van der Waals surface area contributed by atoms with Gasteiger partial charge < -0.3 is 15.0 Å². The van der Waals surface area contributed by atoms with Crippen molar-refractivity contribution in [3.8, 4) is 11.4 Å². The summed E-state index contributed by atoms with van der Waals surface area (Å²) in [6.45, 7) is 3.75. The molecular formula is C17H19N5O2. The number of aryl methyl sites for hydroxylation is 1. The molecule has 7 heteroatoms. The molecule has 1 amide bonds. The Kier molecular flexibility index (Phi) is 4.33. The maximum absolute atomic E-state index is 12.2. The molecule has 124 valence electrons. The number of aromatic amines is 1. The van der Waals surface area contributed by atoms with Crippen LogP contribution < -0.4 is 10.1 Å². The Hall–Kier alpha value is -3.09. The summed E-state index contributed by atoms with van der Waals surface area (Å²) in [7, 11) is 1.62. The lowest BCUT2D eigenvalue weighted by molar-refractivity contribution is 0.0930. The summed E-state index contributed by atoms with van der Waals surface area (Å²) in [6.07, 6.45) is 5.22. The van der Waals surface area contributed by atoms with E-state index in [-0.39, 0.29) is 11.9 Å². The number of carbonyl (C=O) groups is 1. The van der Waals surface area contributed by atoms with E-state index in [1.807, 2.05) is 44.3 Å². The van der Waals surface area contributed by atoms with Gasteiger partial charge in [-0.05, 0) is 26.0 Å². The van der Waals surface area contributed by atoms with E-state index >= 15 is 0 Å². The van der Waals surface area contributed by atoms with E-state index in [0.29, 0.717) is 5.82 Å². The van der Waals surface area contributed by atoms with Gasteiger partial charge >= 0.3 is 0 Å². The number of hydrogen-bond donors (Lipinski definition) is 2. The van der Waals surface area contributed by atoms with Crippen LogP contribution in [0.4, 0.5) is 0 Å². The number of rotatable bonds is 5. The van der Waals surface area contributed by atoms with Gasteiger partial charge in [0, 0.05) is 23.7 Å². The van der Waals surface area contributed by atoms with E-state index in [2.05, 4.69) is 20.4 Å². The molecule has 0 aliphatic rings. The van der Waals surface area contributed by atoms with E-state index in [9.17, 15) is 4.79 Å². The predicted octanol–water partition coefficient (Wildman–Crippen LogP) is 2.40. The van der Waals surface area contributed by atoms with Crippen molar-refractivity contribution in [3.05, 3.63) is 59.9 Å². The van der Waals surface area contributed by atoms with Gasteiger partial charge in [-0.2, -0.15) is 5.10 Å². The minimum Gasteiger partial charge on any atom is -0.494 e. The number of imidazole rings is 1. The molecule has 0 saturated carbocycles. The minimum atomic E-state index is -0.249. The van der Waals surface area contributed by atoms with Crippen molar-refractivity contribution < 1.29 is 9.53 Å². The fraction of sp³-hybridized carbons (Fsp3) is 0.235. The van der Waals surface area contributed by atoms with Gasteiger partial charge in [0.15, 0.2) is 5.82 Å². The smallest absolute Gasteiger partial charge is 0.287 e. The molecule has 0 fully saturated rings. The molecule has 0 saturated heterocycles. The van der Waals surface area contributed by atoms with Gasteiger partial charge in [0.2, 0.25) is 0 Å². The molecule has 0 aliphatic heterocycles. The van der Waals surface area contributed by atoms with Crippen molar-refractivity contribution >= 4 is 5.91 Å². The monoisotopic (exact) mass is 325 g/mol. The van der Waals surface area contributed by atoms with Gasteiger partial charge in [-0.3, -0.25) is 4.79 Å². The summed E-state index contributed by atoms with van der Waals surface area (Å²) < 4.78 is 7.08. The second kappa shape index (κ2) is 6.57. The number of nitrogens with zero attached hydrogens (tertiary/aromatic N) is 3. The molecule has 1 unspecified atom stereocenters. The van der Waals surface area contributed by atoms with E-state index in [1.54, 1.807) is 24.2 Å². The zero-order valence-electron chi connectivity index (χ0n) is 13.8. The molecule has 24 heavy (non-hydrogen) atoms. The second-order valence-electron chi connectivity index (χ2n) is 5.50. The summed E-state index contributed by atoms with van der Waals surface area (Å²) in [4.78, 5) is 19.1. The molecule has 1 aromatic carbocycles. The van der Waals surface area contributed by atoms with Crippen LogP contribution in [0, 0.1) is 6.92 Å². The fourth-order valence-corrected chi connectivity index (χ4v) is 2.39. The lowest BCUT2D eigenvalue weighted by Gasteiger charge is -2.11. The van der Waals surface area contributed by atoms with E-state index in [0.717, 1.165) is 22.7 Å². The minimum absolute atomic E-state index is 0.202. The van der Waals surface area contributed by atoms with Crippen LogP contribution in [0.1, 0.15) is 34.8 Å². The first-order chi connectivity index (χ1) is 11.6. The van der Waals surface area contributed by atoms with Crippen LogP contribution in [0.2, 0.25) is 0 Å². The van der Waals surface area contributed by atoms with Gasteiger partial charge in [-0.25, -0.2) is 9.67 Å². The van der Waals surface area contributed by atoms with Crippen LogP contribution >= 0.6 is 0 Å². The molecule has 1 atom stereocenters. The highest BCUT2D eigenvalue weighted by atomic mass is 16.5. The summed E-state index contributed by atoms with van der Waals surface area (Å²) in [5.74, 6) is 0.784. The highest BCUT2D eigenvalue weighted by Crippen LogP contribution is 2.23. The number of nitrogens with one attached hydrogen (secondary N) is 2. The lowest BCUT2D eigenvalue weighted by atomic mass is 10.2. The number of ether oxygens (including phenoxy) is 1. The fourth-order valence-electron chi connectivity index (χ4n) is 2.39. The molecule has 0 radical (unpaired) electrons. The van der Waals surface area contributed by atoms with Gasteiger partial charge in [0.05, 0.1) is 19.3 Å². The van der Waals surface area contributed by atoms with Gasteiger partial charge in [-0.1, -0.05) is 12.1 Å². The average Bonchev–Trinajstić information content (AvgIpc) is 3.24. The number of amides is 1. The zero-order valence-corrected chi connectivity index (χ0v) is 13.8. The first-order valence-electron chi connectivity index (χ1n) is 7.59. The average molecular weight is 325 g/mol. The third-order valence-corrected chi connectivity index (χ3v) is 3.70. The lowest BCUT2D eigenvalue weighted by Crippen LogP contribution is -2.27. The molecule has 3 rings (SSSR count). The third kappa shape index (κ3) is 3.15. The van der Waals surface area contributed by atoms with E-state index < -0.39 is 0 Å². The number of aromatic nitrogens is 4. The molecule has 2 aromatic heterocycles. The van der Waals surface area contributed by atoms with Crippen molar-refractivity contribution in [1.82, 2.24) is 25.1 Å². The maximum Gasteiger partial charge on any atom is 0.287 e. The van der Waals surface area contributed by atoms with Gasteiger partial charge in [-0.15, -0.1) is 0 Å². The Bertz CT molecular complexity index is 852. The highest BCUT2D eigenvalue weighted by molar-refractivity contribution is 5.90. The third-order valence-electron chi connectivity index (χ3n) is 3.70. The van der Waals surface area contributed by atoms with Crippen molar-refractivity contribution in [2.75, 3.05) is 7.11 Å². The van der Waals surface area contributed by atoms with E-state index in [1.165, 1.54) is 0 Å². The van der Waals surface area contributed by atoms with Crippen LogP contribution in [-0.4, -0.2) is 32.8 Å². The molecule has 3 aromatic rings. The first kappa shape index (κ1) is 15.8. The number of benzene rings is 1. The molecule has 0 spiro atoms. The molecule has 7 nitrogen and oxygen atoms in total. The Morgan fingerprint density at radius 1 is 1.33 bits per heavy atom. The van der Waals surface area contributed by atoms with Crippen molar-refractivity contribution in [3.63, 3.8) is 0 Å². The SMILES string of the molecule is COc1ccccc1-n1cc(C(C)NC(=O)c2ncc(C)[nH]2)cn1. The molecule has 0 aliphatic carbocycles. The molecule has 0 bridgehead atoms. The molecule has 2 N–H and O–H groups in total. The van der Waals surface area contributed by atoms with Crippen molar-refractivity contribution in [2.45, 2.75) is 19.9 Å². The predicted molar refractivity (Wildman–Crippen MR) is 89.3 cm³/mol. The van der Waals surface area contributed by atoms with Crippen LogP contribution in [-0.2, 0) is 0 Å². The highest BCUT2D eigenvalue weighted by Gasteiger charge is 2.16. The molecular weight excluding hydrogens is 306 g/mol. The largest absolute Gasteiger partial charge is 0.494 e. The number of carbonyl (C=O) groups excluding carboxylic acids is 1. The normalized spacial score (nSPS) is 12.0. The van der Waals surface area contributed by atoms with Crippen LogP contribution in [0.25, 0.3) is 5.69 Å².